The van der Waals surface area contributed by atoms with Crippen LogP contribution in [0.5, 0.6) is 0 Å². The number of unbranched alkanes of at least 4 members (excludes halogenated alkanes) is 1. The monoisotopic (exact) mass is 271 g/mol. The number of carboxylic acid groups (broad SMARTS) is 1. The maximum atomic E-state index is 12.1. The first kappa shape index (κ1) is 14.7. The van der Waals surface area contributed by atoms with Crippen LogP contribution in [0, 0.1) is 0 Å². The lowest BCUT2D eigenvalue weighted by Gasteiger charge is -2.16. The molecule has 0 heterocycles. The van der Waals surface area contributed by atoms with Crippen LogP contribution in [0.3, 0.4) is 0 Å². The molecule has 0 atom stereocenters. The number of aromatic carboxylic acids is 1. The summed E-state index contributed by atoms with van der Waals surface area (Å²) in [5, 5.41) is 8.85. The zero-order valence-electron chi connectivity index (χ0n) is 10.5. The van der Waals surface area contributed by atoms with Gasteiger partial charge in [0.15, 0.2) is 0 Å². The fourth-order valence-electron chi connectivity index (χ4n) is 1.47. The van der Waals surface area contributed by atoms with Gasteiger partial charge < -0.3 is 5.11 Å². The highest BCUT2D eigenvalue weighted by molar-refractivity contribution is 7.89. The van der Waals surface area contributed by atoms with Gasteiger partial charge in [-0.15, -0.1) is 0 Å². The SMILES string of the molecule is CCCCN(C)S(=O)(=O)c1cccc(C(=O)O)c1. The quantitative estimate of drug-likeness (QED) is 0.856. The lowest BCUT2D eigenvalue weighted by molar-refractivity contribution is 0.0696. The van der Waals surface area contributed by atoms with E-state index in [0.717, 1.165) is 12.8 Å². The van der Waals surface area contributed by atoms with Gasteiger partial charge in [-0.2, -0.15) is 0 Å². The highest BCUT2D eigenvalue weighted by Gasteiger charge is 2.21. The predicted molar refractivity (Wildman–Crippen MR) is 68.1 cm³/mol. The molecule has 1 N–H and O–H groups in total. The molecule has 5 nitrogen and oxygen atoms in total. The molecule has 100 valence electrons. The van der Waals surface area contributed by atoms with Crippen molar-refractivity contribution < 1.29 is 18.3 Å². The maximum Gasteiger partial charge on any atom is 0.335 e. The Morgan fingerprint density at radius 2 is 2.06 bits per heavy atom. The minimum Gasteiger partial charge on any atom is -0.478 e. The molecule has 0 saturated heterocycles. The standard InChI is InChI=1S/C12H17NO4S/c1-3-4-8-13(2)18(16,17)11-7-5-6-10(9-11)12(14)15/h5-7,9H,3-4,8H2,1-2H3,(H,14,15). The van der Waals surface area contributed by atoms with Crippen molar-refractivity contribution in [3.8, 4) is 0 Å². The van der Waals surface area contributed by atoms with Crippen molar-refractivity contribution >= 4 is 16.0 Å². The average Bonchev–Trinajstić information content (AvgIpc) is 2.35. The molecule has 0 radical (unpaired) electrons. The van der Waals surface area contributed by atoms with Gasteiger partial charge in [-0.25, -0.2) is 17.5 Å². The summed E-state index contributed by atoms with van der Waals surface area (Å²) < 4.78 is 25.5. The Balaban J connectivity index is 3.04. The Morgan fingerprint density at radius 1 is 1.39 bits per heavy atom. The smallest absolute Gasteiger partial charge is 0.335 e. The second-order valence-electron chi connectivity index (χ2n) is 4.01. The van der Waals surface area contributed by atoms with Crippen LogP contribution in [0.1, 0.15) is 30.1 Å². The number of hydrogen-bond donors (Lipinski definition) is 1. The number of hydrogen-bond acceptors (Lipinski definition) is 3. The first-order valence-corrected chi connectivity index (χ1v) is 7.13. The molecule has 0 unspecified atom stereocenters. The zero-order valence-corrected chi connectivity index (χ0v) is 11.3. The van der Waals surface area contributed by atoms with Crippen molar-refractivity contribution in [1.82, 2.24) is 4.31 Å². The molecule has 1 aromatic carbocycles. The van der Waals surface area contributed by atoms with E-state index in [1.54, 1.807) is 0 Å². The molecule has 0 amide bonds. The second kappa shape index (κ2) is 5.97. The molecule has 0 aliphatic rings. The van der Waals surface area contributed by atoms with Gasteiger partial charge >= 0.3 is 5.97 Å². The Labute approximate surface area is 107 Å². The lowest BCUT2D eigenvalue weighted by Crippen LogP contribution is -2.28. The maximum absolute atomic E-state index is 12.1. The van der Waals surface area contributed by atoms with Crippen molar-refractivity contribution in [3.05, 3.63) is 29.8 Å². The largest absolute Gasteiger partial charge is 0.478 e. The topological polar surface area (TPSA) is 74.7 Å². The van der Waals surface area contributed by atoms with Gasteiger partial charge in [0.1, 0.15) is 0 Å². The molecule has 0 saturated carbocycles. The normalized spacial score (nSPS) is 11.7. The molecule has 0 aromatic heterocycles. The molecule has 1 rings (SSSR count). The summed E-state index contributed by atoms with van der Waals surface area (Å²) in [6.07, 6.45) is 1.67. The van der Waals surface area contributed by atoms with Crippen LogP contribution in [-0.2, 0) is 10.0 Å². The summed E-state index contributed by atoms with van der Waals surface area (Å²) in [7, 11) is -2.10. The molecule has 1 aromatic rings. The van der Waals surface area contributed by atoms with E-state index in [1.807, 2.05) is 6.92 Å². The summed E-state index contributed by atoms with van der Waals surface area (Å²) in [6, 6.07) is 5.39. The van der Waals surface area contributed by atoms with E-state index >= 15 is 0 Å². The van der Waals surface area contributed by atoms with E-state index in [0.29, 0.717) is 6.54 Å². The molecule has 6 heteroatoms. The van der Waals surface area contributed by atoms with E-state index in [1.165, 1.54) is 35.6 Å². The van der Waals surface area contributed by atoms with E-state index < -0.39 is 16.0 Å². The van der Waals surface area contributed by atoms with Gasteiger partial charge in [0, 0.05) is 13.6 Å². The summed E-state index contributed by atoms with van der Waals surface area (Å²) >= 11 is 0. The first-order valence-electron chi connectivity index (χ1n) is 5.69. The Kier molecular flexibility index (Phi) is 4.86. The van der Waals surface area contributed by atoms with Crippen LogP contribution in [0.25, 0.3) is 0 Å². The highest BCUT2D eigenvalue weighted by atomic mass is 32.2. The summed E-state index contributed by atoms with van der Waals surface area (Å²) in [5.41, 5.74) is -0.0278. The Morgan fingerprint density at radius 3 is 2.61 bits per heavy atom. The van der Waals surface area contributed by atoms with Gasteiger partial charge in [0.05, 0.1) is 10.5 Å². The summed E-state index contributed by atoms with van der Waals surface area (Å²) in [5.74, 6) is -1.14. The van der Waals surface area contributed by atoms with Crippen LogP contribution in [0.2, 0.25) is 0 Å². The van der Waals surface area contributed by atoms with Crippen molar-refractivity contribution in [3.63, 3.8) is 0 Å². The second-order valence-corrected chi connectivity index (χ2v) is 6.06. The van der Waals surface area contributed by atoms with Crippen LogP contribution in [0.15, 0.2) is 29.2 Å². The van der Waals surface area contributed by atoms with Gasteiger partial charge in [-0.05, 0) is 24.6 Å². The van der Waals surface area contributed by atoms with Crippen molar-refractivity contribution in [1.29, 1.82) is 0 Å². The van der Waals surface area contributed by atoms with Gasteiger partial charge in [0.2, 0.25) is 10.0 Å². The summed E-state index contributed by atoms with van der Waals surface area (Å²) in [4.78, 5) is 10.8. The van der Waals surface area contributed by atoms with Crippen molar-refractivity contribution in [2.45, 2.75) is 24.7 Å². The fourth-order valence-corrected chi connectivity index (χ4v) is 2.73. The van der Waals surface area contributed by atoms with Crippen LogP contribution in [0.4, 0.5) is 0 Å². The molecular formula is C12H17NO4S. The van der Waals surface area contributed by atoms with Gasteiger partial charge in [0.25, 0.3) is 0 Å². The first-order chi connectivity index (χ1) is 8.39. The number of carbonyl (C=O) groups is 1. The van der Waals surface area contributed by atoms with Gasteiger partial charge in [-0.3, -0.25) is 0 Å². The number of sulfonamides is 1. The van der Waals surface area contributed by atoms with Crippen LogP contribution >= 0.6 is 0 Å². The fraction of sp³-hybridized carbons (Fsp3) is 0.417. The van der Waals surface area contributed by atoms with E-state index in [4.69, 9.17) is 5.11 Å². The molecular weight excluding hydrogens is 254 g/mol. The molecule has 0 aliphatic carbocycles. The number of benzene rings is 1. The average molecular weight is 271 g/mol. The minimum absolute atomic E-state index is 0.0148. The van der Waals surface area contributed by atoms with E-state index in [-0.39, 0.29) is 10.5 Å². The molecule has 0 bridgehead atoms. The zero-order chi connectivity index (χ0) is 13.8. The third-order valence-corrected chi connectivity index (χ3v) is 4.47. The number of nitrogens with zero attached hydrogens (tertiary/aromatic N) is 1. The minimum atomic E-state index is -3.60. The molecule has 0 spiro atoms. The highest BCUT2D eigenvalue weighted by Crippen LogP contribution is 2.16. The van der Waals surface area contributed by atoms with Crippen molar-refractivity contribution in [2.75, 3.05) is 13.6 Å². The van der Waals surface area contributed by atoms with E-state index in [2.05, 4.69) is 0 Å². The predicted octanol–water partition coefficient (Wildman–Crippen LogP) is 1.81. The molecule has 0 fully saturated rings. The van der Waals surface area contributed by atoms with Gasteiger partial charge in [-0.1, -0.05) is 19.4 Å². The summed E-state index contributed by atoms with van der Waals surface area (Å²) in [6.45, 7) is 2.40. The third kappa shape index (κ3) is 3.30. The van der Waals surface area contributed by atoms with Crippen LogP contribution in [-0.4, -0.2) is 37.4 Å². The lowest BCUT2D eigenvalue weighted by atomic mass is 10.2. The molecule has 18 heavy (non-hydrogen) atoms. The third-order valence-electron chi connectivity index (χ3n) is 2.62. The Hall–Kier alpha value is -1.40. The molecule has 0 aliphatic heterocycles. The Bertz CT molecular complexity index is 525. The van der Waals surface area contributed by atoms with E-state index in [9.17, 15) is 13.2 Å². The number of rotatable bonds is 6. The van der Waals surface area contributed by atoms with Crippen LogP contribution < -0.4 is 0 Å². The number of carboxylic acids is 1. The van der Waals surface area contributed by atoms with Crippen molar-refractivity contribution in [2.24, 2.45) is 0 Å².